The van der Waals surface area contributed by atoms with E-state index in [9.17, 15) is 4.79 Å². The highest BCUT2D eigenvalue weighted by Crippen LogP contribution is 2.39. The first-order valence-electron chi connectivity index (χ1n) is 7.54. The van der Waals surface area contributed by atoms with Crippen molar-refractivity contribution >= 4 is 5.97 Å². The van der Waals surface area contributed by atoms with Crippen molar-refractivity contribution in [2.45, 2.75) is 57.7 Å². The van der Waals surface area contributed by atoms with Crippen LogP contribution in [-0.4, -0.2) is 65.1 Å². The van der Waals surface area contributed by atoms with E-state index >= 15 is 0 Å². The Balaban J connectivity index is 1.69. The maximum atomic E-state index is 11.6. The van der Waals surface area contributed by atoms with Gasteiger partial charge in [0.25, 0.3) is 0 Å². The number of carbonyl (C=O) groups excluding carboxylic acids is 1. The molecule has 0 amide bonds. The van der Waals surface area contributed by atoms with Crippen LogP contribution in [0.3, 0.4) is 0 Å². The molecule has 0 bridgehead atoms. The molecule has 2 aliphatic heterocycles. The molecule has 2 aliphatic rings. The molecule has 2 saturated heterocycles. The van der Waals surface area contributed by atoms with Gasteiger partial charge >= 0.3 is 5.97 Å². The molecule has 0 radical (unpaired) electrons. The molecule has 3 rings (SSSR count). The number of aromatic nitrogens is 3. The molecule has 3 heterocycles. The zero-order chi connectivity index (χ0) is 16.6. The zero-order valence-electron chi connectivity index (χ0n) is 13.6. The summed E-state index contributed by atoms with van der Waals surface area (Å²) in [4.78, 5) is 11.6. The molecule has 0 spiro atoms. The van der Waals surface area contributed by atoms with Crippen molar-refractivity contribution in [3.05, 3.63) is 11.9 Å². The van der Waals surface area contributed by atoms with Crippen LogP contribution in [0, 0.1) is 0 Å². The van der Waals surface area contributed by atoms with Gasteiger partial charge in [-0.05, 0) is 20.8 Å². The van der Waals surface area contributed by atoms with Crippen molar-refractivity contribution in [2.24, 2.45) is 0 Å². The number of nitrogens with zero attached hydrogens (tertiary/aromatic N) is 3. The molecule has 0 unspecified atom stereocenters. The molecule has 9 heteroatoms. The van der Waals surface area contributed by atoms with Crippen LogP contribution in [0.15, 0.2) is 6.20 Å². The third-order valence-electron chi connectivity index (χ3n) is 3.73. The molecule has 1 aromatic heterocycles. The van der Waals surface area contributed by atoms with Crippen molar-refractivity contribution in [2.75, 3.05) is 13.7 Å². The van der Waals surface area contributed by atoms with Gasteiger partial charge in [0.05, 0.1) is 19.3 Å². The Morgan fingerprint density at radius 3 is 2.83 bits per heavy atom. The molecule has 2 fully saturated rings. The average molecular weight is 327 g/mol. The molecule has 0 aromatic carbocycles. The molecule has 128 valence electrons. The van der Waals surface area contributed by atoms with Crippen LogP contribution < -0.4 is 0 Å². The van der Waals surface area contributed by atoms with Crippen LogP contribution in [0.1, 0.15) is 31.3 Å². The minimum Gasteiger partial charge on any atom is -0.461 e. The fourth-order valence-corrected chi connectivity index (χ4v) is 2.85. The van der Waals surface area contributed by atoms with E-state index in [2.05, 4.69) is 10.3 Å². The summed E-state index contributed by atoms with van der Waals surface area (Å²) < 4.78 is 29.3. The van der Waals surface area contributed by atoms with Crippen molar-refractivity contribution in [1.82, 2.24) is 15.0 Å². The fraction of sp³-hybridized carbons (Fsp3) is 0.786. The first kappa shape index (κ1) is 16.3. The molecular formula is C14H21N3O6. The van der Waals surface area contributed by atoms with E-state index in [4.69, 9.17) is 23.7 Å². The van der Waals surface area contributed by atoms with E-state index in [0.717, 1.165) is 0 Å². The highest BCUT2D eigenvalue weighted by molar-refractivity contribution is 5.86. The van der Waals surface area contributed by atoms with Crippen molar-refractivity contribution in [3.63, 3.8) is 0 Å². The fourth-order valence-electron chi connectivity index (χ4n) is 2.85. The molecule has 4 atom stereocenters. The second kappa shape index (κ2) is 6.16. The predicted molar refractivity (Wildman–Crippen MR) is 75.5 cm³/mol. The third-order valence-corrected chi connectivity index (χ3v) is 3.73. The standard InChI is InChI=1S/C14H21N3O6/c1-5-20-12(18)8-6-17(16-15-8)7-9-10-11(13(19-4)21-9)23-14(2,3)22-10/h6,9-11,13H,5,7H2,1-4H3/t9-,10-,11-,13-/m1/s1. The summed E-state index contributed by atoms with van der Waals surface area (Å²) in [6.07, 6.45) is 0.138. The molecule has 9 nitrogen and oxygen atoms in total. The van der Waals surface area contributed by atoms with E-state index in [1.807, 2.05) is 13.8 Å². The Morgan fingerprint density at radius 2 is 2.13 bits per heavy atom. The monoisotopic (exact) mass is 327 g/mol. The maximum Gasteiger partial charge on any atom is 0.360 e. The summed E-state index contributed by atoms with van der Waals surface area (Å²) in [5.41, 5.74) is 0.161. The summed E-state index contributed by atoms with van der Waals surface area (Å²) in [5, 5.41) is 7.74. The lowest BCUT2D eigenvalue weighted by Crippen LogP contribution is -2.33. The molecule has 0 saturated carbocycles. The highest BCUT2D eigenvalue weighted by atomic mass is 16.8. The van der Waals surface area contributed by atoms with Gasteiger partial charge in [-0.1, -0.05) is 5.21 Å². The largest absolute Gasteiger partial charge is 0.461 e. The Bertz CT molecular complexity index is 575. The minimum absolute atomic E-state index is 0.161. The van der Waals surface area contributed by atoms with Gasteiger partial charge in [-0.25, -0.2) is 9.48 Å². The summed E-state index contributed by atoms with van der Waals surface area (Å²) >= 11 is 0. The number of carbonyl (C=O) groups is 1. The predicted octanol–water partition coefficient (Wildman–Crippen LogP) is 0.346. The Hall–Kier alpha value is -1.55. The lowest BCUT2D eigenvalue weighted by Gasteiger charge is -2.23. The van der Waals surface area contributed by atoms with Gasteiger partial charge in [-0.15, -0.1) is 5.10 Å². The first-order chi connectivity index (χ1) is 10.9. The molecule has 23 heavy (non-hydrogen) atoms. The average Bonchev–Trinajstić information content (AvgIpc) is 3.14. The molecule has 1 aromatic rings. The molecule has 0 N–H and O–H groups in total. The van der Waals surface area contributed by atoms with Crippen molar-refractivity contribution in [3.8, 4) is 0 Å². The number of ether oxygens (including phenoxy) is 5. The van der Waals surface area contributed by atoms with Gasteiger partial charge in [0, 0.05) is 7.11 Å². The van der Waals surface area contributed by atoms with Gasteiger partial charge in [-0.3, -0.25) is 0 Å². The normalized spacial score (nSPS) is 32.0. The quantitative estimate of drug-likeness (QED) is 0.715. The number of methoxy groups -OCH3 is 1. The van der Waals surface area contributed by atoms with Crippen LogP contribution >= 0.6 is 0 Å². The van der Waals surface area contributed by atoms with Crippen LogP contribution in [0.25, 0.3) is 0 Å². The van der Waals surface area contributed by atoms with Gasteiger partial charge in [0.15, 0.2) is 17.8 Å². The number of hydrogen-bond donors (Lipinski definition) is 0. The minimum atomic E-state index is -0.688. The van der Waals surface area contributed by atoms with Gasteiger partial charge in [0.2, 0.25) is 0 Å². The van der Waals surface area contributed by atoms with Crippen LogP contribution in [0.4, 0.5) is 0 Å². The van der Waals surface area contributed by atoms with Crippen LogP contribution in [0.5, 0.6) is 0 Å². The van der Waals surface area contributed by atoms with E-state index < -0.39 is 18.0 Å². The Kier molecular flexibility index (Phi) is 4.37. The van der Waals surface area contributed by atoms with E-state index in [1.165, 1.54) is 10.9 Å². The van der Waals surface area contributed by atoms with Gasteiger partial charge in [0.1, 0.15) is 18.3 Å². The summed E-state index contributed by atoms with van der Waals surface area (Å²) in [6.45, 7) is 6.09. The van der Waals surface area contributed by atoms with Crippen molar-refractivity contribution < 1.29 is 28.5 Å². The molecular weight excluding hydrogens is 306 g/mol. The van der Waals surface area contributed by atoms with E-state index in [1.54, 1.807) is 14.0 Å². The lowest BCUT2D eigenvalue weighted by molar-refractivity contribution is -0.228. The smallest absolute Gasteiger partial charge is 0.360 e. The summed E-state index contributed by atoms with van der Waals surface area (Å²) in [7, 11) is 1.56. The van der Waals surface area contributed by atoms with Gasteiger partial charge < -0.3 is 23.7 Å². The first-order valence-corrected chi connectivity index (χ1v) is 7.54. The topological polar surface area (TPSA) is 93.9 Å². The lowest BCUT2D eigenvalue weighted by atomic mass is 10.1. The van der Waals surface area contributed by atoms with Crippen molar-refractivity contribution in [1.29, 1.82) is 0 Å². The second-order valence-corrected chi connectivity index (χ2v) is 5.89. The summed E-state index contributed by atoms with van der Waals surface area (Å²) in [6, 6.07) is 0. The van der Waals surface area contributed by atoms with E-state index in [0.29, 0.717) is 6.54 Å². The number of esters is 1. The zero-order valence-corrected chi connectivity index (χ0v) is 13.6. The third kappa shape index (κ3) is 3.23. The number of rotatable bonds is 5. The van der Waals surface area contributed by atoms with Crippen LogP contribution in [0.2, 0.25) is 0 Å². The number of hydrogen-bond acceptors (Lipinski definition) is 8. The Morgan fingerprint density at radius 1 is 1.39 bits per heavy atom. The maximum absolute atomic E-state index is 11.6. The van der Waals surface area contributed by atoms with Crippen LogP contribution in [-0.2, 0) is 30.2 Å². The second-order valence-electron chi connectivity index (χ2n) is 5.89. The highest BCUT2D eigenvalue weighted by Gasteiger charge is 2.55. The molecule has 0 aliphatic carbocycles. The SMILES string of the molecule is CCOC(=O)c1cn(C[C@H]2O[C@@H](OC)[C@@H]3OC(C)(C)O[C@@H]32)nn1. The number of fused-ring (bicyclic) bond motifs is 1. The van der Waals surface area contributed by atoms with E-state index in [-0.39, 0.29) is 30.6 Å². The van der Waals surface area contributed by atoms with Gasteiger partial charge in [-0.2, -0.15) is 0 Å². The Labute approximate surface area is 133 Å². The summed E-state index contributed by atoms with van der Waals surface area (Å²) in [5.74, 6) is -1.19.